The average Bonchev–Trinajstić information content (AvgIpc) is 3.03. The van der Waals surface area contributed by atoms with Crippen molar-refractivity contribution < 1.29 is 19.1 Å². The van der Waals surface area contributed by atoms with Gasteiger partial charge in [0.15, 0.2) is 11.5 Å². The molecule has 0 fully saturated rings. The number of hydrogen-bond acceptors (Lipinski definition) is 5. The number of amides is 2. The van der Waals surface area contributed by atoms with Crippen LogP contribution in [0, 0.1) is 5.92 Å². The van der Waals surface area contributed by atoms with Gasteiger partial charge in [-0.1, -0.05) is 38.1 Å². The van der Waals surface area contributed by atoms with Gasteiger partial charge in [0.2, 0.25) is 5.91 Å². The molecule has 1 atom stereocenters. The molecule has 162 valence electrons. The maximum atomic E-state index is 13.1. The highest BCUT2D eigenvalue weighted by Gasteiger charge is 2.28. The first-order valence-corrected chi connectivity index (χ1v) is 10.7. The second-order valence-corrected chi connectivity index (χ2v) is 8.04. The van der Waals surface area contributed by atoms with Gasteiger partial charge in [0, 0.05) is 19.3 Å². The smallest absolute Gasteiger partial charge is 0.268 e. The topological polar surface area (TPSA) is 80.2 Å². The SMILES string of the molecule is CC(C)[C@H](NC(=O)C1=NN(c2ccccc2)C(=O)CC1)c1ccc2c(c1)OCCCO2. The van der Waals surface area contributed by atoms with E-state index in [1.165, 1.54) is 5.01 Å². The lowest BCUT2D eigenvalue weighted by atomic mass is 9.95. The van der Waals surface area contributed by atoms with Gasteiger partial charge in [-0.25, -0.2) is 5.01 Å². The Morgan fingerprint density at radius 2 is 1.77 bits per heavy atom. The lowest BCUT2D eigenvalue weighted by Crippen LogP contribution is -2.41. The molecule has 31 heavy (non-hydrogen) atoms. The Hall–Kier alpha value is -3.35. The highest BCUT2D eigenvalue weighted by molar-refractivity contribution is 6.40. The number of hydrogen-bond donors (Lipinski definition) is 1. The van der Waals surface area contributed by atoms with Crippen LogP contribution in [0.5, 0.6) is 11.5 Å². The van der Waals surface area contributed by atoms with Crippen LogP contribution in [0.1, 0.15) is 44.7 Å². The van der Waals surface area contributed by atoms with Crippen LogP contribution in [0.2, 0.25) is 0 Å². The van der Waals surface area contributed by atoms with Crippen LogP contribution >= 0.6 is 0 Å². The normalized spacial score (nSPS) is 17.1. The highest BCUT2D eigenvalue weighted by atomic mass is 16.5. The summed E-state index contributed by atoms with van der Waals surface area (Å²) in [4.78, 5) is 25.4. The first-order valence-electron chi connectivity index (χ1n) is 10.7. The molecule has 2 aliphatic rings. The van der Waals surface area contributed by atoms with E-state index in [1.807, 2.05) is 36.4 Å². The Kier molecular flexibility index (Phi) is 6.21. The molecule has 7 nitrogen and oxygen atoms in total. The predicted molar refractivity (Wildman–Crippen MR) is 118 cm³/mol. The van der Waals surface area contributed by atoms with Crippen molar-refractivity contribution in [3.05, 3.63) is 54.1 Å². The van der Waals surface area contributed by atoms with Crippen LogP contribution in [-0.2, 0) is 9.59 Å². The number of ether oxygens (including phenoxy) is 2. The van der Waals surface area contributed by atoms with E-state index >= 15 is 0 Å². The number of hydrazone groups is 1. The number of carbonyl (C=O) groups is 2. The van der Waals surface area contributed by atoms with E-state index in [9.17, 15) is 9.59 Å². The molecule has 2 amide bonds. The van der Waals surface area contributed by atoms with Crippen molar-refractivity contribution in [1.29, 1.82) is 0 Å². The third-order valence-corrected chi connectivity index (χ3v) is 5.38. The maximum Gasteiger partial charge on any atom is 0.268 e. The summed E-state index contributed by atoms with van der Waals surface area (Å²) in [7, 11) is 0. The maximum absolute atomic E-state index is 13.1. The molecule has 0 spiro atoms. The number of fused-ring (bicyclic) bond motifs is 1. The molecule has 7 heteroatoms. The Morgan fingerprint density at radius 1 is 1.03 bits per heavy atom. The molecule has 0 saturated carbocycles. The third kappa shape index (κ3) is 4.71. The van der Waals surface area contributed by atoms with Crippen molar-refractivity contribution in [2.24, 2.45) is 11.0 Å². The highest BCUT2D eigenvalue weighted by Crippen LogP contribution is 2.34. The number of para-hydroxylation sites is 1. The summed E-state index contributed by atoms with van der Waals surface area (Å²) in [5, 5.41) is 8.79. The summed E-state index contributed by atoms with van der Waals surface area (Å²) >= 11 is 0. The van der Waals surface area contributed by atoms with Crippen molar-refractivity contribution >= 4 is 23.2 Å². The van der Waals surface area contributed by atoms with Crippen molar-refractivity contribution in [2.75, 3.05) is 18.2 Å². The van der Waals surface area contributed by atoms with Crippen molar-refractivity contribution in [3.8, 4) is 11.5 Å². The summed E-state index contributed by atoms with van der Waals surface area (Å²) in [6.07, 6.45) is 1.41. The molecule has 4 rings (SSSR count). The third-order valence-electron chi connectivity index (χ3n) is 5.38. The summed E-state index contributed by atoms with van der Waals surface area (Å²) in [5.41, 5.74) is 1.95. The van der Waals surface area contributed by atoms with E-state index in [1.54, 1.807) is 12.1 Å². The van der Waals surface area contributed by atoms with E-state index in [2.05, 4.69) is 24.3 Å². The Morgan fingerprint density at radius 3 is 2.52 bits per heavy atom. The van der Waals surface area contributed by atoms with Crippen molar-refractivity contribution in [2.45, 2.75) is 39.2 Å². The van der Waals surface area contributed by atoms with Gasteiger partial charge in [0.25, 0.3) is 5.91 Å². The largest absolute Gasteiger partial charge is 0.490 e. The van der Waals surface area contributed by atoms with E-state index in [-0.39, 0.29) is 30.2 Å². The van der Waals surface area contributed by atoms with Gasteiger partial charge < -0.3 is 14.8 Å². The van der Waals surface area contributed by atoms with Crippen LogP contribution in [0.15, 0.2) is 53.6 Å². The number of nitrogens with zero attached hydrogens (tertiary/aromatic N) is 2. The molecule has 0 unspecified atom stereocenters. The summed E-state index contributed by atoms with van der Waals surface area (Å²) in [6.45, 7) is 5.34. The van der Waals surface area contributed by atoms with Crippen LogP contribution in [0.25, 0.3) is 0 Å². The van der Waals surface area contributed by atoms with E-state index < -0.39 is 0 Å². The van der Waals surface area contributed by atoms with E-state index in [0.717, 1.165) is 17.7 Å². The lowest BCUT2D eigenvalue weighted by Gasteiger charge is -2.26. The zero-order valence-corrected chi connectivity index (χ0v) is 17.8. The quantitative estimate of drug-likeness (QED) is 0.795. The zero-order valence-electron chi connectivity index (χ0n) is 17.8. The Bertz CT molecular complexity index is 988. The first kappa shape index (κ1) is 20.9. The van der Waals surface area contributed by atoms with Crippen LogP contribution in [0.3, 0.4) is 0 Å². The Labute approximate surface area is 182 Å². The monoisotopic (exact) mass is 421 g/mol. The number of rotatable bonds is 5. The number of anilines is 1. The molecule has 0 radical (unpaired) electrons. The molecular weight excluding hydrogens is 394 g/mol. The van der Waals surface area contributed by atoms with Gasteiger partial charge in [0.05, 0.1) is 24.9 Å². The first-order chi connectivity index (χ1) is 15.0. The summed E-state index contributed by atoms with van der Waals surface area (Å²) in [5.74, 6) is 1.18. The van der Waals surface area contributed by atoms with Gasteiger partial charge in [-0.15, -0.1) is 0 Å². The molecule has 2 aliphatic heterocycles. The van der Waals surface area contributed by atoms with Crippen LogP contribution < -0.4 is 19.8 Å². The zero-order chi connectivity index (χ0) is 21.8. The van der Waals surface area contributed by atoms with Crippen LogP contribution in [0.4, 0.5) is 5.69 Å². The number of nitrogens with one attached hydrogen (secondary N) is 1. The molecule has 0 aliphatic carbocycles. The fourth-order valence-electron chi connectivity index (χ4n) is 3.72. The van der Waals surface area contributed by atoms with Crippen LogP contribution in [-0.4, -0.2) is 30.7 Å². The van der Waals surface area contributed by atoms with Gasteiger partial charge in [-0.3, -0.25) is 9.59 Å². The number of benzene rings is 2. The van der Waals surface area contributed by atoms with E-state index in [0.29, 0.717) is 36.8 Å². The summed E-state index contributed by atoms with van der Waals surface area (Å²) in [6, 6.07) is 14.7. The molecule has 1 N–H and O–H groups in total. The predicted octanol–water partition coefficient (Wildman–Crippen LogP) is 3.84. The fraction of sp³-hybridized carbons (Fsp3) is 0.375. The number of carbonyl (C=O) groups excluding carboxylic acids is 2. The van der Waals surface area contributed by atoms with E-state index in [4.69, 9.17) is 9.47 Å². The van der Waals surface area contributed by atoms with Crippen molar-refractivity contribution in [3.63, 3.8) is 0 Å². The van der Waals surface area contributed by atoms with Gasteiger partial charge in [0.1, 0.15) is 5.71 Å². The Balaban J connectivity index is 1.55. The molecule has 2 heterocycles. The molecule has 0 saturated heterocycles. The molecule has 2 aromatic rings. The second-order valence-electron chi connectivity index (χ2n) is 8.04. The molecule has 2 aromatic carbocycles. The minimum absolute atomic E-state index is 0.119. The molecule has 0 aromatic heterocycles. The second kappa shape index (κ2) is 9.20. The minimum Gasteiger partial charge on any atom is -0.490 e. The van der Waals surface area contributed by atoms with Gasteiger partial charge in [-0.2, -0.15) is 5.10 Å². The average molecular weight is 421 g/mol. The lowest BCUT2D eigenvalue weighted by molar-refractivity contribution is -0.119. The van der Waals surface area contributed by atoms with Gasteiger partial charge in [-0.05, 0) is 35.7 Å². The van der Waals surface area contributed by atoms with Gasteiger partial charge >= 0.3 is 0 Å². The minimum atomic E-state index is -0.265. The molecule has 0 bridgehead atoms. The summed E-state index contributed by atoms with van der Waals surface area (Å²) < 4.78 is 11.5. The standard InChI is InChI=1S/C24H27N3O4/c1-16(2)23(17-9-11-20-21(15-17)31-14-6-13-30-20)25-24(29)19-10-12-22(28)27(26-19)18-7-4-3-5-8-18/h3-5,7-9,11,15-16,23H,6,10,12-14H2,1-2H3,(H,25,29)/t23-/m0/s1. The van der Waals surface area contributed by atoms with Crippen molar-refractivity contribution in [1.82, 2.24) is 5.32 Å². The molecular formula is C24H27N3O4. The fourth-order valence-corrected chi connectivity index (χ4v) is 3.72.